The number of methoxy groups -OCH3 is 2. The van der Waals surface area contributed by atoms with Gasteiger partial charge in [-0.2, -0.15) is 0 Å². The zero-order chi connectivity index (χ0) is 26.3. The van der Waals surface area contributed by atoms with E-state index in [0.29, 0.717) is 30.3 Å². The average Bonchev–Trinajstić information content (AvgIpc) is 3.29. The van der Waals surface area contributed by atoms with Crippen molar-refractivity contribution in [3.63, 3.8) is 0 Å². The van der Waals surface area contributed by atoms with E-state index in [0.717, 1.165) is 29.5 Å². The first-order chi connectivity index (χ1) is 17.9. The molecule has 0 saturated carbocycles. The van der Waals surface area contributed by atoms with Crippen LogP contribution in [0.25, 0.3) is 11.1 Å². The molecule has 37 heavy (non-hydrogen) atoms. The first-order valence-electron chi connectivity index (χ1n) is 12.4. The van der Waals surface area contributed by atoms with Crippen LogP contribution in [0, 0.1) is 0 Å². The van der Waals surface area contributed by atoms with Gasteiger partial charge >= 0.3 is 5.97 Å². The lowest BCUT2D eigenvalue weighted by Crippen LogP contribution is -2.26. The highest BCUT2D eigenvalue weighted by Crippen LogP contribution is 2.32. The predicted octanol–water partition coefficient (Wildman–Crippen LogP) is 5.69. The zero-order valence-electron chi connectivity index (χ0n) is 21.7. The zero-order valence-corrected chi connectivity index (χ0v) is 21.7. The molecule has 194 valence electrons. The summed E-state index contributed by atoms with van der Waals surface area (Å²) < 4.78 is 22.0. The largest absolute Gasteiger partial charge is 0.496 e. The van der Waals surface area contributed by atoms with Gasteiger partial charge in [0, 0.05) is 12.8 Å². The van der Waals surface area contributed by atoms with Crippen LogP contribution in [-0.2, 0) is 20.7 Å². The van der Waals surface area contributed by atoms with Gasteiger partial charge < -0.3 is 23.8 Å². The van der Waals surface area contributed by atoms with Gasteiger partial charge in [-0.25, -0.2) is 4.79 Å². The number of rotatable bonds is 10. The first-order valence-corrected chi connectivity index (χ1v) is 12.4. The van der Waals surface area contributed by atoms with Crippen molar-refractivity contribution in [3.8, 4) is 22.6 Å². The highest BCUT2D eigenvalue weighted by Gasteiger charge is 2.37. The van der Waals surface area contributed by atoms with Crippen LogP contribution >= 0.6 is 0 Å². The van der Waals surface area contributed by atoms with Gasteiger partial charge in [0.05, 0.1) is 50.4 Å². The van der Waals surface area contributed by atoms with E-state index in [4.69, 9.17) is 23.8 Å². The minimum Gasteiger partial charge on any atom is -0.496 e. The summed E-state index contributed by atoms with van der Waals surface area (Å²) in [6, 6.07) is 21.4. The highest BCUT2D eigenvalue weighted by atomic mass is 16.7. The number of benzene rings is 3. The molecular formula is C30H33NO6. The number of ether oxygens (including phenoxy) is 4. The number of carbonyl (C=O) groups is 1. The molecule has 0 spiro atoms. The quantitative estimate of drug-likeness (QED) is 0.201. The molecule has 1 saturated heterocycles. The van der Waals surface area contributed by atoms with E-state index >= 15 is 0 Å². The van der Waals surface area contributed by atoms with E-state index in [-0.39, 0.29) is 17.7 Å². The van der Waals surface area contributed by atoms with E-state index in [9.17, 15) is 4.79 Å². The van der Waals surface area contributed by atoms with Crippen molar-refractivity contribution in [1.82, 2.24) is 0 Å². The molecule has 1 aliphatic heterocycles. The summed E-state index contributed by atoms with van der Waals surface area (Å²) in [6.45, 7) is 4.74. The van der Waals surface area contributed by atoms with Crippen LogP contribution in [0.5, 0.6) is 11.5 Å². The van der Waals surface area contributed by atoms with Crippen molar-refractivity contribution in [3.05, 3.63) is 83.4 Å². The van der Waals surface area contributed by atoms with E-state index in [1.807, 2.05) is 30.3 Å². The molecule has 7 heteroatoms. The number of carbonyl (C=O) groups excluding carboxylic acids is 1. The van der Waals surface area contributed by atoms with E-state index in [1.54, 1.807) is 39.5 Å². The van der Waals surface area contributed by atoms with Crippen molar-refractivity contribution in [2.24, 2.45) is 5.16 Å². The summed E-state index contributed by atoms with van der Waals surface area (Å²) in [5, 5.41) is 4.19. The van der Waals surface area contributed by atoms with Crippen molar-refractivity contribution in [1.29, 1.82) is 0 Å². The fourth-order valence-corrected chi connectivity index (χ4v) is 4.52. The Balaban J connectivity index is 1.34. The Kier molecular flexibility index (Phi) is 8.46. The minimum atomic E-state index is -0.342. The SMILES string of the molecule is CCOC(=O)c1ccc(-c2ccc(CC3(C)CC(O/N=C/c4c(OC)cccc4OC)CO3)cc2)cc1. The number of hydrogen-bond acceptors (Lipinski definition) is 7. The summed E-state index contributed by atoms with van der Waals surface area (Å²) in [5.41, 5.74) is 4.24. The molecule has 0 aromatic heterocycles. The minimum absolute atomic E-state index is 0.140. The number of nitrogens with zero attached hydrogens (tertiary/aromatic N) is 1. The number of esters is 1. The van der Waals surface area contributed by atoms with Crippen LogP contribution in [0.2, 0.25) is 0 Å². The molecule has 0 amide bonds. The number of hydrogen-bond donors (Lipinski definition) is 0. The molecule has 0 bridgehead atoms. The Labute approximate surface area is 217 Å². The standard InChI is InChI=1S/C30H33NO6/c1-5-35-29(32)24-15-13-23(14-16-24)22-11-9-21(10-12-22)17-30(2)18-25(20-36-30)37-31-19-26-27(33-3)7-6-8-28(26)34-4/h6-16,19,25H,5,17-18,20H2,1-4H3/b31-19+. The molecule has 0 aliphatic carbocycles. The second-order valence-electron chi connectivity index (χ2n) is 9.17. The first kappa shape index (κ1) is 26.2. The van der Waals surface area contributed by atoms with E-state index in [2.05, 4.69) is 36.3 Å². The second-order valence-corrected chi connectivity index (χ2v) is 9.17. The van der Waals surface area contributed by atoms with Crippen molar-refractivity contribution < 1.29 is 28.6 Å². The summed E-state index contributed by atoms with van der Waals surface area (Å²) in [4.78, 5) is 17.6. The lowest BCUT2D eigenvalue weighted by molar-refractivity contribution is 0.00869. The predicted molar refractivity (Wildman–Crippen MR) is 143 cm³/mol. The Morgan fingerprint density at radius 3 is 2.22 bits per heavy atom. The highest BCUT2D eigenvalue weighted by molar-refractivity contribution is 5.90. The van der Waals surface area contributed by atoms with Crippen LogP contribution < -0.4 is 9.47 Å². The molecular weight excluding hydrogens is 470 g/mol. The van der Waals surface area contributed by atoms with Crippen LogP contribution in [0.15, 0.2) is 71.9 Å². The molecule has 0 N–H and O–H groups in total. The van der Waals surface area contributed by atoms with E-state index in [1.165, 1.54) is 5.56 Å². The normalized spacial score (nSPS) is 19.1. The van der Waals surface area contributed by atoms with Gasteiger partial charge in [0.15, 0.2) is 6.10 Å². The Morgan fingerprint density at radius 1 is 1.00 bits per heavy atom. The maximum atomic E-state index is 11.9. The molecule has 1 aliphatic rings. The lowest BCUT2D eigenvalue weighted by atomic mass is 9.92. The van der Waals surface area contributed by atoms with Gasteiger partial charge in [-0.05, 0) is 54.8 Å². The van der Waals surface area contributed by atoms with Crippen molar-refractivity contribution in [2.45, 2.75) is 38.4 Å². The molecule has 3 aromatic carbocycles. The maximum Gasteiger partial charge on any atom is 0.338 e. The van der Waals surface area contributed by atoms with Gasteiger partial charge in [0.25, 0.3) is 0 Å². The van der Waals surface area contributed by atoms with Crippen LogP contribution in [0.3, 0.4) is 0 Å². The summed E-state index contributed by atoms with van der Waals surface area (Å²) in [5.74, 6) is 1.02. The molecule has 4 rings (SSSR count). The third-order valence-electron chi connectivity index (χ3n) is 6.40. The number of oxime groups is 1. The Bertz CT molecular complexity index is 1200. The molecule has 7 nitrogen and oxygen atoms in total. The van der Waals surface area contributed by atoms with Crippen molar-refractivity contribution in [2.75, 3.05) is 27.4 Å². The Morgan fingerprint density at radius 2 is 1.62 bits per heavy atom. The molecule has 2 atom stereocenters. The van der Waals surface area contributed by atoms with Crippen LogP contribution in [0.4, 0.5) is 0 Å². The monoisotopic (exact) mass is 503 g/mol. The lowest BCUT2D eigenvalue weighted by Gasteiger charge is -2.23. The van der Waals surface area contributed by atoms with Gasteiger partial charge in [-0.3, -0.25) is 0 Å². The topological polar surface area (TPSA) is 75.6 Å². The molecule has 2 unspecified atom stereocenters. The third kappa shape index (κ3) is 6.49. The van der Waals surface area contributed by atoms with Gasteiger partial charge in [0.2, 0.25) is 0 Å². The molecule has 1 heterocycles. The summed E-state index contributed by atoms with van der Waals surface area (Å²) in [7, 11) is 3.22. The van der Waals surface area contributed by atoms with Gasteiger partial charge in [-0.1, -0.05) is 47.6 Å². The molecule has 1 fully saturated rings. The van der Waals surface area contributed by atoms with Gasteiger partial charge in [0.1, 0.15) is 11.5 Å². The smallest absolute Gasteiger partial charge is 0.338 e. The van der Waals surface area contributed by atoms with E-state index < -0.39 is 0 Å². The molecule has 0 radical (unpaired) electrons. The van der Waals surface area contributed by atoms with Crippen LogP contribution in [-0.4, -0.2) is 51.3 Å². The second kappa shape index (κ2) is 11.9. The Hall–Kier alpha value is -3.84. The van der Waals surface area contributed by atoms with Crippen molar-refractivity contribution >= 4 is 12.2 Å². The van der Waals surface area contributed by atoms with Gasteiger partial charge in [-0.15, -0.1) is 0 Å². The third-order valence-corrected chi connectivity index (χ3v) is 6.40. The fourth-order valence-electron chi connectivity index (χ4n) is 4.52. The van der Waals surface area contributed by atoms with Crippen LogP contribution in [0.1, 0.15) is 41.8 Å². The molecule has 3 aromatic rings. The summed E-state index contributed by atoms with van der Waals surface area (Å²) in [6.07, 6.45) is 2.97. The fraction of sp³-hybridized carbons (Fsp3) is 0.333. The summed E-state index contributed by atoms with van der Waals surface area (Å²) >= 11 is 0. The average molecular weight is 504 g/mol. The maximum absolute atomic E-state index is 11.9.